The van der Waals surface area contributed by atoms with E-state index in [1.165, 1.54) is 16.9 Å². The van der Waals surface area contributed by atoms with Gasteiger partial charge in [0.15, 0.2) is 0 Å². The molecule has 0 saturated heterocycles. The largest absolute Gasteiger partial charge is 1.00 e. The van der Waals surface area contributed by atoms with E-state index in [1.807, 2.05) is 0 Å². The lowest BCUT2D eigenvalue weighted by atomic mass is 10.1. The molecular weight excluding hydrogens is 318 g/mol. The Morgan fingerprint density at radius 1 is 0.933 bits per heavy atom. The summed E-state index contributed by atoms with van der Waals surface area (Å²) in [7, 11) is 0. The van der Waals surface area contributed by atoms with Gasteiger partial charge in [-0.05, 0) is 6.07 Å². The second-order valence-corrected chi connectivity index (χ2v) is 3.19. The van der Waals surface area contributed by atoms with Gasteiger partial charge in [-0.1, -0.05) is 0 Å². The van der Waals surface area contributed by atoms with Crippen molar-refractivity contribution in [3.05, 3.63) is 60.3 Å². The standard InChI is InChI=1S/C12H9N.2BrH/c1-4-10-6-2-8-12-9-3-7-11(5-1)13(10)12;;/h1-9H;2*1H/q+2;;/p-2. The molecule has 2 aromatic rings. The van der Waals surface area contributed by atoms with Crippen molar-refractivity contribution < 1.29 is 38.4 Å². The van der Waals surface area contributed by atoms with Gasteiger partial charge in [0.25, 0.3) is 5.69 Å². The quantitative estimate of drug-likeness (QED) is 0.343. The lowest BCUT2D eigenvalue weighted by molar-refractivity contribution is -0.520. The number of pyridine rings is 2. The fourth-order valence-corrected chi connectivity index (χ4v) is 1.80. The molecule has 0 unspecified atom stereocenters. The summed E-state index contributed by atoms with van der Waals surface area (Å²) in [6.45, 7) is 0. The third kappa shape index (κ3) is 1.94. The van der Waals surface area contributed by atoms with Gasteiger partial charge in [-0.3, -0.25) is 0 Å². The number of hydrogen-bond acceptors (Lipinski definition) is 0. The van der Waals surface area contributed by atoms with Gasteiger partial charge in [0.05, 0.1) is 12.2 Å². The Morgan fingerprint density at radius 2 is 1.67 bits per heavy atom. The molecule has 1 nitrogen and oxygen atoms in total. The van der Waals surface area contributed by atoms with Crippen molar-refractivity contribution in [2.45, 2.75) is 0 Å². The van der Waals surface area contributed by atoms with Crippen molar-refractivity contribution in [1.82, 2.24) is 0 Å². The van der Waals surface area contributed by atoms with Crippen molar-refractivity contribution in [3.63, 3.8) is 0 Å². The maximum atomic E-state index is 2.25. The van der Waals surface area contributed by atoms with Crippen LogP contribution in [-0.2, 0) is 0 Å². The van der Waals surface area contributed by atoms with Crippen LogP contribution in [0, 0.1) is 6.42 Å². The topological polar surface area (TPSA) is 4.10 Å². The molecule has 3 heteroatoms. The van der Waals surface area contributed by atoms with Gasteiger partial charge in [-0.25, -0.2) is 0 Å². The van der Waals surface area contributed by atoms with Gasteiger partial charge in [0.2, 0.25) is 5.52 Å². The smallest absolute Gasteiger partial charge is 0.318 e. The minimum Gasteiger partial charge on any atom is -1.00 e. The zero-order valence-corrected chi connectivity index (χ0v) is 11.1. The summed E-state index contributed by atoms with van der Waals surface area (Å²) in [6.07, 6.45) is 6.34. The second kappa shape index (κ2) is 4.81. The van der Waals surface area contributed by atoms with Crippen LogP contribution in [0.1, 0.15) is 11.4 Å². The van der Waals surface area contributed by atoms with E-state index in [0.29, 0.717) is 0 Å². The first-order chi connectivity index (χ1) is 6.45. The molecule has 0 amide bonds. The van der Waals surface area contributed by atoms with Crippen LogP contribution in [-0.4, -0.2) is 0 Å². The highest BCUT2D eigenvalue weighted by Gasteiger charge is 2.21. The molecule has 0 bridgehead atoms. The minimum atomic E-state index is 0. The van der Waals surface area contributed by atoms with Gasteiger partial charge >= 0.3 is 5.69 Å². The van der Waals surface area contributed by atoms with E-state index >= 15 is 0 Å². The average molecular weight is 327 g/mol. The first-order valence-corrected chi connectivity index (χ1v) is 4.40. The fraction of sp³-hybridized carbons (Fsp3) is 0. The van der Waals surface area contributed by atoms with Gasteiger partial charge in [0.1, 0.15) is 12.5 Å². The van der Waals surface area contributed by atoms with Crippen molar-refractivity contribution in [1.29, 1.82) is 0 Å². The Balaban J connectivity index is 0.000000562. The monoisotopic (exact) mass is 325 g/mol. The van der Waals surface area contributed by atoms with Crippen LogP contribution in [0.2, 0.25) is 0 Å². The first-order valence-electron chi connectivity index (χ1n) is 4.40. The molecule has 0 radical (unpaired) electrons. The maximum absolute atomic E-state index is 2.25. The van der Waals surface area contributed by atoms with E-state index in [1.54, 1.807) is 0 Å². The van der Waals surface area contributed by atoms with Crippen LogP contribution in [0.5, 0.6) is 0 Å². The highest BCUT2D eigenvalue weighted by atomic mass is 79.9. The molecule has 0 spiro atoms. The van der Waals surface area contributed by atoms with E-state index < -0.39 is 0 Å². The summed E-state index contributed by atoms with van der Waals surface area (Å²) in [5.74, 6) is 0. The van der Waals surface area contributed by atoms with Gasteiger partial charge in [0, 0.05) is 24.3 Å². The fourth-order valence-electron chi connectivity index (χ4n) is 1.80. The Hall–Kier alpha value is -0.800. The van der Waals surface area contributed by atoms with Crippen molar-refractivity contribution in [2.24, 2.45) is 0 Å². The molecule has 3 rings (SSSR count). The van der Waals surface area contributed by atoms with Crippen LogP contribution in [0.3, 0.4) is 0 Å². The predicted octanol–water partition coefficient (Wildman–Crippen LogP) is -3.99. The molecular formula is C12H9Br2N. The average Bonchev–Trinajstić information content (AvgIpc) is 2.19. The molecule has 1 aliphatic heterocycles. The summed E-state index contributed by atoms with van der Waals surface area (Å²) in [5, 5.41) is 0. The summed E-state index contributed by atoms with van der Waals surface area (Å²) in [5.41, 5.74) is 3.74. The van der Waals surface area contributed by atoms with E-state index in [4.69, 9.17) is 0 Å². The Morgan fingerprint density at radius 3 is 2.47 bits per heavy atom. The van der Waals surface area contributed by atoms with Crippen LogP contribution in [0.4, 0.5) is 0 Å². The third-order valence-corrected chi connectivity index (χ3v) is 2.38. The van der Waals surface area contributed by atoms with Crippen LogP contribution in [0.25, 0.3) is 11.6 Å². The molecule has 2 aromatic heterocycles. The zero-order chi connectivity index (χ0) is 8.67. The molecule has 0 aliphatic carbocycles. The molecule has 0 fully saturated rings. The van der Waals surface area contributed by atoms with Gasteiger partial charge in [-0.2, -0.15) is 0 Å². The van der Waals surface area contributed by atoms with Crippen molar-refractivity contribution >= 4 is 11.6 Å². The van der Waals surface area contributed by atoms with Gasteiger partial charge in [-0.15, -0.1) is 4.40 Å². The molecule has 15 heavy (non-hydrogen) atoms. The van der Waals surface area contributed by atoms with Crippen molar-refractivity contribution in [2.75, 3.05) is 0 Å². The number of nitrogens with zero attached hydrogens (tertiary/aromatic N) is 1. The zero-order valence-electron chi connectivity index (χ0n) is 7.90. The van der Waals surface area contributed by atoms with Gasteiger partial charge < -0.3 is 34.0 Å². The molecule has 0 N–H and O–H groups in total. The molecule has 0 atom stereocenters. The van der Waals surface area contributed by atoms with Crippen molar-refractivity contribution in [3.8, 4) is 0 Å². The van der Waals surface area contributed by atoms with E-state index in [0.717, 1.165) is 0 Å². The molecule has 1 aliphatic rings. The molecule has 3 heterocycles. The first kappa shape index (κ1) is 12.3. The maximum Gasteiger partial charge on any atom is 0.318 e. The lowest BCUT2D eigenvalue weighted by Gasteiger charge is -1.97. The molecule has 0 aromatic carbocycles. The number of allylic oxidation sites excluding steroid dienone is 1. The SMILES string of the molecule is C1=Cc2cccc3cccc([n+]23)[CH+]1.[Br-].[Br-]. The number of halogens is 2. The lowest BCUT2D eigenvalue weighted by Crippen LogP contribution is -3.00. The van der Waals surface area contributed by atoms with E-state index in [9.17, 15) is 0 Å². The Kier molecular flexibility index (Phi) is 3.94. The highest BCUT2D eigenvalue weighted by Crippen LogP contribution is 2.11. The van der Waals surface area contributed by atoms with Crippen LogP contribution >= 0.6 is 0 Å². The third-order valence-electron chi connectivity index (χ3n) is 2.38. The highest BCUT2D eigenvalue weighted by molar-refractivity contribution is 5.52. The summed E-state index contributed by atoms with van der Waals surface area (Å²) in [6, 6.07) is 12.7. The minimum absolute atomic E-state index is 0. The summed E-state index contributed by atoms with van der Waals surface area (Å²) < 4.78 is 2.25. The molecule has 76 valence electrons. The Bertz CT molecular complexity index is 501. The predicted molar refractivity (Wildman–Crippen MR) is 52.0 cm³/mol. The Labute approximate surface area is 110 Å². The van der Waals surface area contributed by atoms with E-state index in [2.05, 4.69) is 59.4 Å². The van der Waals surface area contributed by atoms with E-state index in [-0.39, 0.29) is 34.0 Å². The number of hydrogen-bond donors (Lipinski definition) is 0. The summed E-state index contributed by atoms with van der Waals surface area (Å²) >= 11 is 0. The van der Waals surface area contributed by atoms with Crippen LogP contribution in [0.15, 0.2) is 42.5 Å². The number of rotatable bonds is 0. The summed E-state index contributed by atoms with van der Waals surface area (Å²) in [4.78, 5) is 0. The second-order valence-electron chi connectivity index (χ2n) is 3.19. The molecule has 0 saturated carbocycles. The number of aromatic nitrogens is 1. The normalized spacial score (nSPS) is 11.2. The van der Waals surface area contributed by atoms with Crippen LogP contribution < -0.4 is 38.4 Å².